The molecule has 1 unspecified atom stereocenters. The average molecular weight is 311 g/mol. The zero-order chi connectivity index (χ0) is 15.6. The van der Waals surface area contributed by atoms with E-state index in [4.69, 9.17) is 5.73 Å². The summed E-state index contributed by atoms with van der Waals surface area (Å²) >= 11 is 1.39. The Balaban J connectivity index is 2.21. The van der Waals surface area contributed by atoms with Gasteiger partial charge in [0.25, 0.3) is 5.91 Å². The highest BCUT2D eigenvalue weighted by atomic mass is 32.1. The fraction of sp³-hybridized carbons (Fsp3) is 0.714. The van der Waals surface area contributed by atoms with Crippen LogP contribution >= 0.6 is 11.3 Å². The van der Waals surface area contributed by atoms with E-state index in [0.717, 1.165) is 37.7 Å². The molecule has 0 radical (unpaired) electrons. The smallest absolute Gasteiger partial charge is 0.268 e. The first-order valence-electron chi connectivity index (χ1n) is 7.41. The van der Waals surface area contributed by atoms with Gasteiger partial charge in [-0.15, -0.1) is 0 Å². The molecule has 0 aromatic carbocycles. The maximum absolute atomic E-state index is 12.8. The van der Waals surface area contributed by atoms with E-state index in [-0.39, 0.29) is 11.9 Å². The number of nitrogens with two attached hydrogens (primary N) is 1. The largest absolute Gasteiger partial charge is 0.382 e. The van der Waals surface area contributed by atoms with Crippen LogP contribution in [0.5, 0.6) is 0 Å². The van der Waals surface area contributed by atoms with Gasteiger partial charge in [0, 0.05) is 32.7 Å². The van der Waals surface area contributed by atoms with Gasteiger partial charge in [0.2, 0.25) is 0 Å². The van der Waals surface area contributed by atoms with Crippen LogP contribution in [0.4, 0.5) is 10.9 Å². The minimum absolute atomic E-state index is 0.0172. The normalized spacial score (nSPS) is 20.4. The Morgan fingerprint density at radius 2 is 2.24 bits per heavy atom. The summed E-state index contributed by atoms with van der Waals surface area (Å²) in [5, 5.41) is 0.804. The molecular weight excluding hydrogens is 286 g/mol. The quantitative estimate of drug-likeness (QED) is 0.913. The van der Waals surface area contributed by atoms with Crippen molar-refractivity contribution in [2.24, 2.45) is 0 Å². The number of nitrogens with zero attached hydrogens (tertiary/aromatic N) is 4. The molecule has 1 fully saturated rings. The van der Waals surface area contributed by atoms with E-state index in [1.807, 2.05) is 23.8 Å². The summed E-state index contributed by atoms with van der Waals surface area (Å²) in [6.07, 6.45) is 0.993. The number of thiazole rings is 1. The molecule has 2 N–H and O–H groups in total. The number of likely N-dealkylation sites (N-methyl/N-ethyl adjacent to an activating group) is 1. The third kappa shape index (κ3) is 3.47. The fourth-order valence-corrected chi connectivity index (χ4v) is 3.54. The summed E-state index contributed by atoms with van der Waals surface area (Å²) < 4.78 is 0. The zero-order valence-electron chi connectivity index (χ0n) is 13.3. The molecule has 0 bridgehead atoms. The Bertz CT molecular complexity index is 504. The molecule has 1 aromatic rings. The first kappa shape index (κ1) is 16.0. The predicted molar refractivity (Wildman–Crippen MR) is 88.1 cm³/mol. The van der Waals surface area contributed by atoms with Crippen LogP contribution in [0.15, 0.2) is 0 Å². The summed E-state index contributed by atoms with van der Waals surface area (Å²) in [4.78, 5) is 23.9. The first-order chi connectivity index (χ1) is 9.93. The van der Waals surface area contributed by atoms with Gasteiger partial charge in [-0.1, -0.05) is 11.3 Å². The highest BCUT2D eigenvalue weighted by Gasteiger charge is 2.28. The maximum atomic E-state index is 12.8. The molecular formula is C14H25N5OS. The Morgan fingerprint density at radius 1 is 1.52 bits per heavy atom. The number of hydrogen-bond acceptors (Lipinski definition) is 6. The van der Waals surface area contributed by atoms with Gasteiger partial charge in [0.15, 0.2) is 5.13 Å². The third-order valence-electron chi connectivity index (χ3n) is 3.94. The third-order valence-corrected chi connectivity index (χ3v) is 5.12. The summed E-state index contributed by atoms with van der Waals surface area (Å²) in [6.45, 7) is 7.68. The molecule has 1 atom stereocenters. The van der Waals surface area contributed by atoms with Gasteiger partial charge >= 0.3 is 0 Å². The van der Waals surface area contributed by atoms with Gasteiger partial charge in [-0.25, -0.2) is 4.98 Å². The van der Waals surface area contributed by atoms with Crippen molar-refractivity contribution < 1.29 is 4.79 Å². The van der Waals surface area contributed by atoms with E-state index in [1.165, 1.54) is 11.3 Å². The molecule has 2 rings (SSSR count). The first-order valence-corrected chi connectivity index (χ1v) is 8.22. The number of amides is 1. The second kappa shape index (κ2) is 6.62. The molecule has 1 saturated heterocycles. The second-order valence-electron chi connectivity index (χ2n) is 5.69. The number of anilines is 2. The van der Waals surface area contributed by atoms with E-state index in [0.29, 0.717) is 10.7 Å². The van der Waals surface area contributed by atoms with Crippen molar-refractivity contribution in [2.45, 2.75) is 26.3 Å². The van der Waals surface area contributed by atoms with Crippen LogP contribution in [0.25, 0.3) is 0 Å². The zero-order valence-corrected chi connectivity index (χ0v) is 14.1. The van der Waals surface area contributed by atoms with Crippen LogP contribution < -0.4 is 10.6 Å². The molecule has 2 heterocycles. The van der Waals surface area contributed by atoms with Crippen LogP contribution in [0.3, 0.4) is 0 Å². The standard InChI is InChI=1S/C14H25N5OS/c1-5-18(4)14-16-12(15)11(21-14)13(20)19-8-6-7-17(3)9-10(19)2/h10H,5-9,15H2,1-4H3. The lowest BCUT2D eigenvalue weighted by molar-refractivity contribution is 0.0702. The minimum atomic E-state index is 0.0172. The van der Waals surface area contributed by atoms with E-state index in [1.54, 1.807) is 0 Å². The van der Waals surface area contributed by atoms with Crippen molar-refractivity contribution >= 4 is 28.2 Å². The van der Waals surface area contributed by atoms with Crippen LogP contribution in [0, 0.1) is 0 Å². The topological polar surface area (TPSA) is 65.7 Å². The molecule has 1 amide bonds. The molecule has 7 heteroatoms. The van der Waals surface area contributed by atoms with Gasteiger partial charge in [-0.3, -0.25) is 4.79 Å². The van der Waals surface area contributed by atoms with E-state index < -0.39 is 0 Å². The number of carbonyl (C=O) groups excluding carboxylic acids is 1. The molecule has 0 saturated carbocycles. The van der Waals surface area contributed by atoms with Crippen LogP contribution in [-0.2, 0) is 0 Å². The van der Waals surface area contributed by atoms with Crippen molar-refractivity contribution in [1.82, 2.24) is 14.8 Å². The maximum Gasteiger partial charge on any atom is 0.268 e. The van der Waals surface area contributed by atoms with Crippen LogP contribution in [0.1, 0.15) is 29.9 Å². The number of hydrogen-bond donors (Lipinski definition) is 1. The molecule has 1 aromatic heterocycles. The lowest BCUT2D eigenvalue weighted by Gasteiger charge is -2.27. The van der Waals surface area contributed by atoms with Gasteiger partial charge < -0.3 is 20.4 Å². The molecule has 1 aliphatic heterocycles. The molecule has 0 spiro atoms. The average Bonchev–Trinajstić information content (AvgIpc) is 2.74. The van der Waals surface area contributed by atoms with Crippen molar-refractivity contribution in [1.29, 1.82) is 0 Å². The Labute approximate surface area is 130 Å². The van der Waals surface area contributed by atoms with Crippen LogP contribution in [-0.4, -0.2) is 67.0 Å². The van der Waals surface area contributed by atoms with Gasteiger partial charge in [0.05, 0.1) is 0 Å². The van der Waals surface area contributed by atoms with Gasteiger partial charge in [-0.05, 0) is 33.9 Å². The van der Waals surface area contributed by atoms with Gasteiger partial charge in [0.1, 0.15) is 10.7 Å². The SMILES string of the molecule is CCN(C)c1nc(N)c(C(=O)N2CCCN(C)CC2C)s1. The lowest BCUT2D eigenvalue weighted by atomic mass is 10.2. The van der Waals surface area contributed by atoms with Gasteiger partial charge in [-0.2, -0.15) is 0 Å². The number of carbonyl (C=O) groups is 1. The summed E-state index contributed by atoms with van der Waals surface area (Å²) in [5.74, 6) is 0.369. The van der Waals surface area contributed by atoms with E-state index in [9.17, 15) is 4.79 Å². The monoisotopic (exact) mass is 311 g/mol. The fourth-order valence-electron chi connectivity index (χ4n) is 2.58. The Kier molecular flexibility index (Phi) is 5.05. The molecule has 21 heavy (non-hydrogen) atoms. The second-order valence-corrected chi connectivity index (χ2v) is 6.67. The number of rotatable bonds is 3. The highest BCUT2D eigenvalue weighted by Crippen LogP contribution is 2.29. The lowest BCUT2D eigenvalue weighted by Crippen LogP contribution is -2.41. The van der Waals surface area contributed by atoms with Crippen molar-refractivity contribution in [3.05, 3.63) is 4.88 Å². The summed E-state index contributed by atoms with van der Waals surface area (Å²) in [6, 6.07) is 0.193. The molecule has 0 aliphatic carbocycles. The summed E-state index contributed by atoms with van der Waals surface area (Å²) in [7, 11) is 4.05. The van der Waals surface area contributed by atoms with Crippen molar-refractivity contribution in [3.63, 3.8) is 0 Å². The van der Waals surface area contributed by atoms with E-state index >= 15 is 0 Å². The van der Waals surface area contributed by atoms with E-state index in [2.05, 4.69) is 23.9 Å². The molecule has 1 aliphatic rings. The summed E-state index contributed by atoms with van der Waals surface area (Å²) in [5.41, 5.74) is 5.97. The minimum Gasteiger partial charge on any atom is -0.382 e. The highest BCUT2D eigenvalue weighted by molar-refractivity contribution is 7.18. The van der Waals surface area contributed by atoms with Crippen LogP contribution in [0.2, 0.25) is 0 Å². The number of nitrogen functional groups attached to an aromatic ring is 1. The van der Waals surface area contributed by atoms with Crippen molar-refractivity contribution in [3.8, 4) is 0 Å². The molecule has 118 valence electrons. The number of aromatic nitrogens is 1. The predicted octanol–water partition coefficient (Wildman–Crippen LogP) is 1.35. The van der Waals surface area contributed by atoms with Crippen molar-refractivity contribution in [2.75, 3.05) is 50.9 Å². The molecule has 6 nitrogen and oxygen atoms in total. The Morgan fingerprint density at radius 3 is 2.90 bits per heavy atom. The Hall–Kier alpha value is -1.34.